The first-order valence-corrected chi connectivity index (χ1v) is 13.9. The Morgan fingerprint density at radius 3 is 1.59 bits per heavy atom. The first-order valence-electron chi connectivity index (χ1n) is 13.5. The zero-order valence-electron chi connectivity index (χ0n) is 24.2. The van der Waals surface area contributed by atoms with E-state index in [4.69, 9.17) is 9.47 Å². The first kappa shape index (κ1) is 39.0. The van der Waals surface area contributed by atoms with Gasteiger partial charge >= 0.3 is 11.9 Å². The third-order valence-electron chi connectivity index (χ3n) is 4.61. The Bertz CT molecular complexity index is 1270. The van der Waals surface area contributed by atoms with Gasteiger partial charge in [0.15, 0.2) is 11.2 Å². The summed E-state index contributed by atoms with van der Waals surface area (Å²) in [4.78, 5) is 32.9. The van der Waals surface area contributed by atoms with Gasteiger partial charge in [0.2, 0.25) is 0 Å². The first-order chi connectivity index (χ1) is 19.9. The number of thiol groups is 1. The van der Waals surface area contributed by atoms with E-state index in [1.165, 1.54) is 51.9 Å². The van der Waals surface area contributed by atoms with Crippen LogP contribution in [0.2, 0.25) is 0 Å². The third-order valence-corrected chi connectivity index (χ3v) is 4.61. The van der Waals surface area contributed by atoms with E-state index < -0.39 is 24.6 Å². The Morgan fingerprint density at radius 1 is 0.732 bits per heavy atom. The maximum absolute atomic E-state index is 11.9. The summed E-state index contributed by atoms with van der Waals surface area (Å²) in [5, 5.41) is 9.22. The van der Waals surface area contributed by atoms with Gasteiger partial charge in [-0.1, -0.05) is 70.6 Å². The van der Waals surface area contributed by atoms with E-state index >= 15 is 0 Å². The summed E-state index contributed by atoms with van der Waals surface area (Å²) in [6, 6.07) is 0. The SMILES string of the molecule is CC#CC#CC#CC#CC#CC#CC#CC(=O)OC[C@H](CO)OC(=O)CCCCCCCCCCCC.CC(=O)S.[HH].[HH].[HH].[HH].[HH].[HH].[HH].[HH].[HH].[HH].[HH].[HH].[HH]. The van der Waals surface area contributed by atoms with Gasteiger partial charge in [0.25, 0.3) is 0 Å². The fraction of sp³-hybridized carbons (Fsp3) is 0.500. The van der Waals surface area contributed by atoms with Gasteiger partial charge in [0.1, 0.15) is 6.61 Å². The zero-order chi connectivity index (χ0) is 30.8. The van der Waals surface area contributed by atoms with Crippen molar-refractivity contribution >= 4 is 29.7 Å². The molecule has 0 radical (unpaired) electrons. The number of unbranched alkanes of at least 4 members (excludes halogenated alkanes) is 9. The summed E-state index contributed by atoms with van der Waals surface area (Å²) >= 11 is 3.33. The van der Waals surface area contributed by atoms with Crippen LogP contribution in [-0.2, 0) is 23.9 Å². The van der Waals surface area contributed by atoms with Crippen LogP contribution in [-0.4, -0.2) is 41.5 Å². The molecule has 0 aliphatic rings. The molecular formula is C34H64O6S. The summed E-state index contributed by atoms with van der Waals surface area (Å²) in [7, 11) is 0. The third kappa shape index (κ3) is 35.8. The van der Waals surface area contributed by atoms with Gasteiger partial charge in [-0.15, -0.1) is 12.6 Å². The predicted molar refractivity (Wildman–Crippen MR) is 192 cm³/mol. The molecule has 0 bridgehead atoms. The Hall–Kier alpha value is -4.16. The van der Waals surface area contributed by atoms with E-state index in [-0.39, 0.29) is 36.7 Å². The highest BCUT2D eigenvalue weighted by atomic mass is 32.1. The summed E-state index contributed by atoms with van der Waals surface area (Å²) in [6.07, 6.45) is 11.1. The van der Waals surface area contributed by atoms with Crippen LogP contribution in [0.4, 0.5) is 0 Å². The molecule has 41 heavy (non-hydrogen) atoms. The minimum atomic E-state index is -0.925. The molecule has 0 unspecified atom stereocenters. The smallest absolute Gasteiger partial charge is 0.385 e. The maximum Gasteiger partial charge on any atom is 0.385 e. The molecule has 242 valence electrons. The largest absolute Gasteiger partial charge is 0.456 e. The van der Waals surface area contributed by atoms with Gasteiger partial charge in [-0.3, -0.25) is 9.59 Å². The lowest BCUT2D eigenvalue weighted by molar-refractivity contribution is -0.159. The number of ether oxygens (including phenoxy) is 2. The zero-order valence-corrected chi connectivity index (χ0v) is 25.1. The lowest BCUT2D eigenvalue weighted by Gasteiger charge is -2.14. The van der Waals surface area contributed by atoms with Crippen molar-refractivity contribution in [2.75, 3.05) is 13.2 Å². The molecule has 0 aromatic carbocycles. The highest BCUT2D eigenvalue weighted by molar-refractivity contribution is 7.96. The number of rotatable bonds is 15. The van der Waals surface area contributed by atoms with Crippen LogP contribution >= 0.6 is 12.6 Å². The number of hydrogen-bond donors (Lipinski definition) is 2. The molecule has 0 heterocycles. The van der Waals surface area contributed by atoms with Crippen molar-refractivity contribution in [2.45, 2.75) is 97.5 Å². The summed E-state index contributed by atoms with van der Waals surface area (Å²) in [6.45, 7) is 4.55. The monoisotopic (exact) mass is 600 g/mol. The normalized spacial score (nSPS) is 8.71. The molecule has 7 heteroatoms. The highest BCUT2D eigenvalue weighted by Crippen LogP contribution is 2.11. The van der Waals surface area contributed by atoms with Crippen LogP contribution in [0.1, 0.15) is 110 Å². The molecule has 0 saturated carbocycles. The van der Waals surface area contributed by atoms with Crippen molar-refractivity contribution in [1.29, 1.82) is 0 Å². The second-order valence-electron chi connectivity index (χ2n) is 8.22. The maximum atomic E-state index is 11.9. The number of aliphatic hydroxyl groups is 1. The fourth-order valence-electron chi connectivity index (χ4n) is 2.79. The highest BCUT2D eigenvalue weighted by Gasteiger charge is 2.15. The summed E-state index contributed by atoms with van der Waals surface area (Å²) < 4.78 is 10.1. The van der Waals surface area contributed by atoms with Gasteiger partial charge in [0.05, 0.1) is 6.61 Å². The molecule has 0 aliphatic carbocycles. The fourth-order valence-corrected chi connectivity index (χ4v) is 2.79. The lowest BCUT2D eigenvalue weighted by Crippen LogP contribution is -2.28. The van der Waals surface area contributed by atoms with Gasteiger partial charge in [-0.2, -0.15) is 0 Å². The molecule has 1 atom stereocenters. The average molecular weight is 601 g/mol. The summed E-state index contributed by atoms with van der Waals surface area (Å²) in [5.74, 6) is 33.0. The van der Waals surface area contributed by atoms with Crippen molar-refractivity contribution in [3.8, 4) is 82.9 Å². The van der Waals surface area contributed by atoms with Crippen molar-refractivity contribution in [3.63, 3.8) is 0 Å². The van der Waals surface area contributed by atoms with E-state index in [9.17, 15) is 19.5 Å². The molecule has 0 saturated heterocycles. The number of carbonyl (C=O) groups is 3. The van der Waals surface area contributed by atoms with Crippen molar-refractivity contribution in [1.82, 2.24) is 0 Å². The van der Waals surface area contributed by atoms with Crippen LogP contribution in [0.3, 0.4) is 0 Å². The molecule has 0 fully saturated rings. The second kappa shape index (κ2) is 32.1. The van der Waals surface area contributed by atoms with Crippen LogP contribution in [0.15, 0.2) is 0 Å². The minimum absolute atomic E-state index is 0. The second-order valence-corrected chi connectivity index (χ2v) is 8.85. The van der Waals surface area contributed by atoms with E-state index in [1.807, 2.05) is 0 Å². The molecule has 6 nitrogen and oxygen atoms in total. The average Bonchev–Trinajstić information content (AvgIpc) is 2.94. The van der Waals surface area contributed by atoms with Gasteiger partial charge in [0, 0.05) is 37.8 Å². The number of carbonyl (C=O) groups excluding carboxylic acids is 3. The quantitative estimate of drug-likeness (QED) is 0.0667. The molecule has 0 aromatic rings. The topological polar surface area (TPSA) is 89.9 Å². The van der Waals surface area contributed by atoms with Crippen LogP contribution in [0, 0.1) is 82.9 Å². The predicted octanol–water partition coefficient (Wildman–Crippen LogP) is 7.45. The van der Waals surface area contributed by atoms with Crippen molar-refractivity contribution < 1.29 is 47.5 Å². The Morgan fingerprint density at radius 2 is 1.15 bits per heavy atom. The standard InChI is InChI=1S/C32H34O5.C2H4OS.13H2/c1-3-5-7-9-11-13-15-16-17-19-20-22-24-26-31(34)36-29-30(28-33)37-32(35)27-25-23-21-18-14-12-10-8-6-4-2;1-2(3)4;;;;;;;;;;;;;/h30,33H,4,6,8,10,12,14,18,21,23,25,27-29H2,1-2H3;1H3,(H,3,4);13*1H/t30-;;;;;;;;;;;;;;/m0............../s1. The number of hydrogen-bond acceptors (Lipinski definition) is 6. The van der Waals surface area contributed by atoms with Crippen molar-refractivity contribution in [3.05, 3.63) is 0 Å². The van der Waals surface area contributed by atoms with Gasteiger partial charge in [-0.25, -0.2) is 4.79 Å². The van der Waals surface area contributed by atoms with Crippen LogP contribution in [0.25, 0.3) is 0 Å². The molecule has 1 N–H and O–H groups in total. The minimum Gasteiger partial charge on any atom is -0.456 e. The molecule has 0 spiro atoms. The van der Waals surface area contributed by atoms with E-state index in [1.54, 1.807) is 6.92 Å². The Labute approximate surface area is 271 Å². The Kier molecular flexibility index (Phi) is 30.5. The number of esters is 2. The lowest BCUT2D eigenvalue weighted by atomic mass is 10.1. The van der Waals surface area contributed by atoms with Crippen molar-refractivity contribution in [2.24, 2.45) is 0 Å². The Balaban J connectivity index is -0.0000000653. The molecule has 0 aliphatic heterocycles. The van der Waals surface area contributed by atoms with Crippen LogP contribution < -0.4 is 0 Å². The van der Waals surface area contributed by atoms with Gasteiger partial charge in [-0.05, 0) is 84.4 Å². The molecule has 0 amide bonds. The number of aliphatic hydroxyl groups excluding tert-OH is 1. The van der Waals surface area contributed by atoms with Crippen LogP contribution in [0.5, 0.6) is 0 Å². The van der Waals surface area contributed by atoms with E-state index in [2.05, 4.69) is 102 Å². The van der Waals surface area contributed by atoms with E-state index in [0.717, 1.165) is 19.3 Å². The van der Waals surface area contributed by atoms with E-state index in [0.29, 0.717) is 0 Å². The molecule has 0 aromatic heterocycles. The summed E-state index contributed by atoms with van der Waals surface area (Å²) in [5.41, 5.74) is 0. The molecule has 0 rings (SSSR count). The van der Waals surface area contributed by atoms with Gasteiger partial charge < -0.3 is 14.6 Å². The molecular weight excluding hydrogens is 536 g/mol.